The van der Waals surface area contributed by atoms with Crippen LogP contribution in [0.15, 0.2) is 0 Å². The van der Waals surface area contributed by atoms with Gasteiger partial charge in [0.25, 0.3) is 0 Å². The van der Waals surface area contributed by atoms with Crippen LogP contribution < -0.4 is 5.32 Å². The molecule has 1 N–H and O–H groups in total. The second kappa shape index (κ2) is 4.84. The van der Waals surface area contributed by atoms with Gasteiger partial charge in [-0.3, -0.25) is 4.90 Å². The molecule has 0 saturated carbocycles. The molecular weight excluding hydrogens is 184 g/mol. The van der Waals surface area contributed by atoms with Crippen molar-refractivity contribution < 1.29 is 0 Å². The van der Waals surface area contributed by atoms with Gasteiger partial charge in [0.2, 0.25) is 0 Å². The van der Waals surface area contributed by atoms with Gasteiger partial charge >= 0.3 is 0 Å². The molecule has 0 aromatic rings. The van der Waals surface area contributed by atoms with Gasteiger partial charge in [-0.2, -0.15) is 0 Å². The summed E-state index contributed by atoms with van der Waals surface area (Å²) in [6.07, 6.45) is 1.37. The molecule has 1 fully saturated rings. The zero-order valence-corrected chi connectivity index (χ0v) is 11.3. The average Bonchev–Trinajstić information content (AvgIpc) is 2.63. The van der Waals surface area contributed by atoms with Crippen LogP contribution in [0.1, 0.15) is 41.0 Å². The molecule has 0 aromatic carbocycles. The summed E-state index contributed by atoms with van der Waals surface area (Å²) < 4.78 is 0. The lowest BCUT2D eigenvalue weighted by Crippen LogP contribution is -2.45. The lowest BCUT2D eigenvalue weighted by Gasteiger charge is -2.31. The lowest BCUT2D eigenvalue weighted by atomic mass is 9.80. The summed E-state index contributed by atoms with van der Waals surface area (Å²) in [5, 5.41) is 3.35. The van der Waals surface area contributed by atoms with Crippen molar-refractivity contribution in [3.63, 3.8) is 0 Å². The van der Waals surface area contributed by atoms with E-state index in [0.29, 0.717) is 17.5 Å². The molecule has 2 heteroatoms. The van der Waals surface area contributed by atoms with E-state index in [1.165, 1.54) is 19.5 Å². The molecule has 2 nitrogen and oxygen atoms in total. The molecule has 0 radical (unpaired) electrons. The third-order valence-corrected chi connectivity index (χ3v) is 4.20. The molecule has 1 saturated heterocycles. The molecule has 0 aliphatic carbocycles. The Bertz CT molecular complexity index is 195. The molecule has 0 amide bonds. The normalized spacial score (nSPS) is 28.0. The first kappa shape index (κ1) is 13.0. The van der Waals surface area contributed by atoms with E-state index in [4.69, 9.17) is 0 Å². The standard InChI is InChI=1S/C13H28N2/c1-10(14-6)11(2)15-8-7-12(9-15)13(3,4)5/h10-12,14H,7-9H2,1-6H3. The fourth-order valence-electron chi connectivity index (χ4n) is 2.42. The van der Waals surface area contributed by atoms with Crippen molar-refractivity contribution in [1.82, 2.24) is 10.2 Å². The van der Waals surface area contributed by atoms with Crippen molar-refractivity contribution >= 4 is 0 Å². The van der Waals surface area contributed by atoms with Crippen LogP contribution in [-0.2, 0) is 0 Å². The van der Waals surface area contributed by atoms with Crippen LogP contribution in [0.3, 0.4) is 0 Å². The Morgan fingerprint density at radius 2 is 1.87 bits per heavy atom. The maximum Gasteiger partial charge on any atom is 0.0218 e. The average molecular weight is 212 g/mol. The van der Waals surface area contributed by atoms with E-state index in [9.17, 15) is 0 Å². The largest absolute Gasteiger partial charge is 0.316 e. The highest BCUT2D eigenvalue weighted by atomic mass is 15.2. The molecule has 3 atom stereocenters. The summed E-state index contributed by atoms with van der Waals surface area (Å²) in [6, 6.07) is 1.24. The van der Waals surface area contributed by atoms with Gasteiger partial charge in [0.15, 0.2) is 0 Å². The highest BCUT2D eigenvalue weighted by molar-refractivity contribution is 4.88. The van der Waals surface area contributed by atoms with Gasteiger partial charge in [0.05, 0.1) is 0 Å². The Morgan fingerprint density at radius 3 is 2.27 bits per heavy atom. The van der Waals surface area contributed by atoms with E-state index >= 15 is 0 Å². The molecular formula is C13H28N2. The van der Waals surface area contributed by atoms with Crippen molar-refractivity contribution in [2.75, 3.05) is 20.1 Å². The molecule has 3 unspecified atom stereocenters. The molecule has 1 rings (SSSR count). The zero-order valence-electron chi connectivity index (χ0n) is 11.3. The first-order chi connectivity index (χ1) is 6.86. The Hall–Kier alpha value is -0.0800. The predicted octanol–water partition coefficient (Wildman–Crippen LogP) is 2.35. The van der Waals surface area contributed by atoms with Crippen molar-refractivity contribution in [2.45, 2.75) is 53.1 Å². The second-order valence-electron chi connectivity index (χ2n) is 6.16. The SMILES string of the molecule is CNC(C)C(C)N1CCC(C(C)(C)C)C1. The first-order valence-corrected chi connectivity index (χ1v) is 6.27. The van der Waals surface area contributed by atoms with Crippen molar-refractivity contribution in [2.24, 2.45) is 11.3 Å². The first-order valence-electron chi connectivity index (χ1n) is 6.27. The summed E-state index contributed by atoms with van der Waals surface area (Å²) in [6.45, 7) is 14.3. The summed E-state index contributed by atoms with van der Waals surface area (Å²) in [5.74, 6) is 0.865. The highest BCUT2D eigenvalue weighted by Gasteiger charge is 2.34. The Kier molecular flexibility index (Phi) is 4.19. The van der Waals surface area contributed by atoms with Crippen LogP contribution in [0.25, 0.3) is 0 Å². The Balaban J connectivity index is 2.49. The van der Waals surface area contributed by atoms with Crippen molar-refractivity contribution in [3.05, 3.63) is 0 Å². The molecule has 1 aliphatic heterocycles. The number of likely N-dealkylation sites (tertiary alicyclic amines) is 1. The molecule has 1 heterocycles. The maximum absolute atomic E-state index is 3.35. The molecule has 90 valence electrons. The van der Waals surface area contributed by atoms with Gasteiger partial charge in [-0.1, -0.05) is 20.8 Å². The second-order valence-corrected chi connectivity index (χ2v) is 6.16. The van der Waals surface area contributed by atoms with E-state index in [0.717, 1.165) is 5.92 Å². The van der Waals surface area contributed by atoms with Gasteiger partial charge < -0.3 is 5.32 Å². The van der Waals surface area contributed by atoms with Gasteiger partial charge in [-0.25, -0.2) is 0 Å². The molecule has 15 heavy (non-hydrogen) atoms. The van der Waals surface area contributed by atoms with E-state index in [1.54, 1.807) is 0 Å². The lowest BCUT2D eigenvalue weighted by molar-refractivity contribution is 0.181. The van der Waals surface area contributed by atoms with E-state index < -0.39 is 0 Å². The quantitative estimate of drug-likeness (QED) is 0.772. The highest BCUT2D eigenvalue weighted by Crippen LogP contribution is 2.34. The van der Waals surface area contributed by atoms with E-state index in [-0.39, 0.29) is 0 Å². The fourth-order valence-corrected chi connectivity index (χ4v) is 2.42. The number of nitrogens with one attached hydrogen (secondary N) is 1. The van der Waals surface area contributed by atoms with Gasteiger partial charge in [-0.15, -0.1) is 0 Å². The minimum absolute atomic E-state index is 0.470. The Labute approximate surface area is 95.4 Å². The van der Waals surface area contributed by atoms with E-state index in [1.807, 2.05) is 0 Å². The van der Waals surface area contributed by atoms with Crippen molar-refractivity contribution in [3.8, 4) is 0 Å². The van der Waals surface area contributed by atoms with Crippen LogP contribution in [0.2, 0.25) is 0 Å². The number of likely N-dealkylation sites (N-methyl/N-ethyl adjacent to an activating group) is 1. The van der Waals surface area contributed by atoms with Crippen LogP contribution in [0.5, 0.6) is 0 Å². The van der Waals surface area contributed by atoms with Crippen LogP contribution in [0, 0.1) is 11.3 Å². The molecule has 1 aliphatic rings. The van der Waals surface area contributed by atoms with Gasteiger partial charge in [0.1, 0.15) is 0 Å². The predicted molar refractivity (Wildman–Crippen MR) is 67.1 cm³/mol. The van der Waals surface area contributed by atoms with Crippen LogP contribution >= 0.6 is 0 Å². The topological polar surface area (TPSA) is 15.3 Å². The van der Waals surface area contributed by atoms with Crippen LogP contribution in [-0.4, -0.2) is 37.1 Å². The minimum atomic E-state index is 0.470. The number of hydrogen-bond donors (Lipinski definition) is 1. The number of nitrogens with zero attached hydrogens (tertiary/aromatic N) is 1. The smallest absolute Gasteiger partial charge is 0.0218 e. The summed E-state index contributed by atoms with van der Waals surface area (Å²) in [7, 11) is 2.05. The summed E-state index contributed by atoms with van der Waals surface area (Å²) in [5.41, 5.74) is 0.470. The zero-order chi connectivity index (χ0) is 11.6. The monoisotopic (exact) mass is 212 g/mol. The Morgan fingerprint density at radius 1 is 1.27 bits per heavy atom. The third kappa shape index (κ3) is 3.18. The van der Waals surface area contributed by atoms with Gasteiger partial charge in [0, 0.05) is 18.6 Å². The molecule has 0 aromatic heterocycles. The minimum Gasteiger partial charge on any atom is -0.316 e. The van der Waals surface area contributed by atoms with Crippen LogP contribution in [0.4, 0.5) is 0 Å². The number of hydrogen-bond acceptors (Lipinski definition) is 2. The summed E-state index contributed by atoms with van der Waals surface area (Å²) in [4.78, 5) is 2.64. The molecule has 0 spiro atoms. The van der Waals surface area contributed by atoms with E-state index in [2.05, 4.69) is 51.9 Å². The van der Waals surface area contributed by atoms with Gasteiger partial charge in [-0.05, 0) is 45.2 Å². The maximum atomic E-state index is 3.35. The van der Waals surface area contributed by atoms with Crippen molar-refractivity contribution in [1.29, 1.82) is 0 Å². The molecule has 0 bridgehead atoms. The fraction of sp³-hybridized carbons (Fsp3) is 1.00. The summed E-state index contributed by atoms with van der Waals surface area (Å²) >= 11 is 0. The number of rotatable bonds is 3. The third-order valence-electron chi connectivity index (χ3n) is 4.20.